The van der Waals surface area contributed by atoms with Gasteiger partial charge in [0.1, 0.15) is 0 Å². The van der Waals surface area contributed by atoms with Crippen molar-refractivity contribution in [3.8, 4) is 0 Å². The van der Waals surface area contributed by atoms with Crippen LogP contribution < -0.4 is 5.32 Å². The Hall–Kier alpha value is -0.380. The number of ether oxygens (including phenoxy) is 1. The molecule has 0 saturated carbocycles. The summed E-state index contributed by atoms with van der Waals surface area (Å²) < 4.78 is 5.21. The van der Waals surface area contributed by atoms with Gasteiger partial charge in [0.15, 0.2) is 0 Å². The van der Waals surface area contributed by atoms with Gasteiger partial charge in [-0.3, -0.25) is 0 Å². The summed E-state index contributed by atoms with van der Waals surface area (Å²) in [6.07, 6.45) is 3.72. The van der Waals surface area contributed by atoms with E-state index >= 15 is 0 Å². The highest BCUT2D eigenvalue weighted by molar-refractivity contribution is 7.09. The average Bonchev–Trinajstić information content (AvgIpc) is 2.75. The Balaban J connectivity index is 2.24. The Morgan fingerprint density at radius 3 is 3.00 bits per heavy atom. The minimum atomic E-state index is 0.497. The summed E-state index contributed by atoms with van der Waals surface area (Å²) in [6.45, 7) is 4.00. The van der Waals surface area contributed by atoms with Crippen LogP contribution in [-0.2, 0) is 11.3 Å². The molecule has 1 unspecified atom stereocenters. The first-order valence-electron chi connectivity index (χ1n) is 5.61. The van der Waals surface area contributed by atoms with Crippen LogP contribution in [0, 0.1) is 0 Å². The van der Waals surface area contributed by atoms with Gasteiger partial charge >= 0.3 is 0 Å². The molecule has 0 radical (unpaired) electrons. The molecule has 2 nitrogen and oxygen atoms in total. The van der Waals surface area contributed by atoms with Gasteiger partial charge in [-0.15, -0.1) is 11.3 Å². The highest BCUT2D eigenvalue weighted by Crippen LogP contribution is 2.09. The molecule has 86 valence electrons. The molecule has 1 heterocycles. The lowest BCUT2D eigenvalue weighted by atomic mass is 10.1. The van der Waals surface area contributed by atoms with Crippen molar-refractivity contribution in [2.24, 2.45) is 0 Å². The zero-order valence-electron chi connectivity index (χ0n) is 9.66. The molecule has 1 N–H and O–H groups in total. The summed E-state index contributed by atoms with van der Waals surface area (Å²) >= 11 is 1.80. The fourth-order valence-corrected chi connectivity index (χ4v) is 2.21. The summed E-state index contributed by atoms with van der Waals surface area (Å²) in [5.74, 6) is 0. The third-order valence-corrected chi connectivity index (χ3v) is 3.30. The fraction of sp³-hybridized carbons (Fsp3) is 0.667. The zero-order valence-corrected chi connectivity index (χ0v) is 10.5. The number of hydrogen-bond donors (Lipinski definition) is 1. The Kier molecular flexibility index (Phi) is 6.64. The summed E-state index contributed by atoms with van der Waals surface area (Å²) in [5.41, 5.74) is 0. The van der Waals surface area contributed by atoms with Crippen molar-refractivity contribution in [3.05, 3.63) is 22.4 Å². The van der Waals surface area contributed by atoms with E-state index in [1.807, 2.05) is 0 Å². The summed E-state index contributed by atoms with van der Waals surface area (Å²) in [6, 6.07) is 4.76. The van der Waals surface area contributed by atoms with Crippen LogP contribution in [0.25, 0.3) is 0 Å². The predicted molar refractivity (Wildman–Crippen MR) is 66.3 cm³/mol. The molecule has 0 aliphatic heterocycles. The molecule has 15 heavy (non-hydrogen) atoms. The van der Waals surface area contributed by atoms with Gasteiger partial charge in [0, 0.05) is 24.6 Å². The van der Waals surface area contributed by atoms with Crippen molar-refractivity contribution in [2.45, 2.75) is 38.8 Å². The van der Waals surface area contributed by atoms with Gasteiger partial charge in [0.2, 0.25) is 0 Å². The van der Waals surface area contributed by atoms with Gasteiger partial charge in [-0.25, -0.2) is 0 Å². The number of hydrogen-bond acceptors (Lipinski definition) is 3. The monoisotopic (exact) mass is 227 g/mol. The standard InChI is InChI=1S/C12H21NOS/c1-3-4-6-11(10-14-2)13-9-12-7-5-8-15-12/h5,7-8,11,13H,3-4,6,9-10H2,1-2H3. The van der Waals surface area contributed by atoms with Gasteiger partial charge in [-0.1, -0.05) is 25.8 Å². The van der Waals surface area contributed by atoms with Crippen molar-refractivity contribution in [1.29, 1.82) is 0 Å². The third kappa shape index (κ3) is 5.30. The van der Waals surface area contributed by atoms with E-state index in [1.165, 1.54) is 24.1 Å². The largest absolute Gasteiger partial charge is 0.383 e. The van der Waals surface area contributed by atoms with E-state index in [0.717, 1.165) is 13.2 Å². The van der Waals surface area contributed by atoms with Gasteiger partial charge < -0.3 is 10.1 Å². The number of methoxy groups -OCH3 is 1. The SMILES string of the molecule is CCCCC(COC)NCc1cccs1. The molecule has 1 rings (SSSR count). The van der Waals surface area contributed by atoms with Gasteiger partial charge in [0.05, 0.1) is 6.61 Å². The second-order valence-corrected chi connectivity index (χ2v) is 4.79. The third-order valence-electron chi connectivity index (χ3n) is 2.42. The van der Waals surface area contributed by atoms with Crippen LogP contribution in [0.1, 0.15) is 31.1 Å². The predicted octanol–water partition coefficient (Wildman–Crippen LogP) is 3.04. The molecule has 0 spiro atoms. The van der Waals surface area contributed by atoms with E-state index in [1.54, 1.807) is 18.4 Å². The first kappa shape index (κ1) is 12.7. The second-order valence-electron chi connectivity index (χ2n) is 3.75. The number of rotatable bonds is 8. The lowest BCUT2D eigenvalue weighted by Crippen LogP contribution is -2.32. The molecule has 3 heteroatoms. The highest BCUT2D eigenvalue weighted by Gasteiger charge is 2.07. The first-order valence-corrected chi connectivity index (χ1v) is 6.49. The van der Waals surface area contributed by atoms with Gasteiger partial charge in [0.25, 0.3) is 0 Å². The Labute approximate surface area is 96.7 Å². The van der Waals surface area contributed by atoms with E-state index in [9.17, 15) is 0 Å². The van der Waals surface area contributed by atoms with Crippen LogP contribution in [0.5, 0.6) is 0 Å². The van der Waals surface area contributed by atoms with E-state index in [-0.39, 0.29) is 0 Å². The smallest absolute Gasteiger partial charge is 0.0615 e. The normalized spacial score (nSPS) is 12.9. The molecular formula is C12H21NOS. The Morgan fingerprint density at radius 2 is 2.40 bits per heavy atom. The van der Waals surface area contributed by atoms with E-state index in [2.05, 4.69) is 29.8 Å². The molecule has 0 aromatic carbocycles. The zero-order chi connectivity index (χ0) is 10.9. The van der Waals surface area contributed by atoms with Crippen molar-refractivity contribution in [3.63, 3.8) is 0 Å². The van der Waals surface area contributed by atoms with Crippen LogP contribution in [0.4, 0.5) is 0 Å². The summed E-state index contributed by atoms with van der Waals surface area (Å²) in [4.78, 5) is 1.40. The van der Waals surface area contributed by atoms with E-state index in [4.69, 9.17) is 4.74 Å². The molecule has 0 aliphatic carbocycles. The molecule has 1 aromatic rings. The number of nitrogens with one attached hydrogen (secondary N) is 1. The molecule has 0 amide bonds. The van der Waals surface area contributed by atoms with Crippen LogP contribution >= 0.6 is 11.3 Å². The van der Waals surface area contributed by atoms with Gasteiger partial charge in [-0.2, -0.15) is 0 Å². The molecule has 0 fully saturated rings. The quantitative estimate of drug-likeness (QED) is 0.737. The topological polar surface area (TPSA) is 21.3 Å². The van der Waals surface area contributed by atoms with Crippen LogP contribution in [0.15, 0.2) is 17.5 Å². The minimum absolute atomic E-state index is 0.497. The van der Waals surface area contributed by atoms with E-state index < -0.39 is 0 Å². The van der Waals surface area contributed by atoms with Crippen molar-refractivity contribution in [2.75, 3.05) is 13.7 Å². The molecule has 0 bridgehead atoms. The number of unbranched alkanes of at least 4 members (excludes halogenated alkanes) is 1. The molecule has 1 aromatic heterocycles. The maximum absolute atomic E-state index is 5.21. The number of thiophene rings is 1. The van der Waals surface area contributed by atoms with Crippen molar-refractivity contribution >= 4 is 11.3 Å². The maximum atomic E-state index is 5.21. The van der Waals surface area contributed by atoms with Crippen LogP contribution in [0.2, 0.25) is 0 Å². The van der Waals surface area contributed by atoms with E-state index in [0.29, 0.717) is 6.04 Å². The molecule has 0 aliphatic rings. The highest BCUT2D eigenvalue weighted by atomic mass is 32.1. The minimum Gasteiger partial charge on any atom is -0.383 e. The van der Waals surface area contributed by atoms with Crippen LogP contribution in [-0.4, -0.2) is 19.8 Å². The fourth-order valence-electron chi connectivity index (χ4n) is 1.55. The Morgan fingerprint density at radius 1 is 1.53 bits per heavy atom. The van der Waals surface area contributed by atoms with Crippen LogP contribution in [0.3, 0.4) is 0 Å². The lowest BCUT2D eigenvalue weighted by molar-refractivity contribution is 0.161. The first-order chi connectivity index (χ1) is 7.36. The summed E-state index contributed by atoms with van der Waals surface area (Å²) in [7, 11) is 1.77. The Bertz CT molecular complexity index is 236. The van der Waals surface area contributed by atoms with Crippen molar-refractivity contribution in [1.82, 2.24) is 5.32 Å². The second kappa shape index (κ2) is 7.85. The summed E-state index contributed by atoms with van der Waals surface area (Å²) in [5, 5.41) is 5.66. The van der Waals surface area contributed by atoms with Crippen molar-refractivity contribution < 1.29 is 4.74 Å². The molecule has 0 saturated heterocycles. The van der Waals surface area contributed by atoms with Gasteiger partial charge in [-0.05, 0) is 17.9 Å². The lowest BCUT2D eigenvalue weighted by Gasteiger charge is -2.16. The maximum Gasteiger partial charge on any atom is 0.0615 e. The molecular weight excluding hydrogens is 206 g/mol. The average molecular weight is 227 g/mol. The molecule has 1 atom stereocenters.